The first kappa shape index (κ1) is 26.7. The summed E-state index contributed by atoms with van der Waals surface area (Å²) in [6.07, 6.45) is 1.83. The molecule has 0 unspecified atom stereocenters. The molecule has 34 heavy (non-hydrogen) atoms. The minimum atomic E-state index is -0.176. The van der Waals surface area contributed by atoms with Gasteiger partial charge in [-0.2, -0.15) is 0 Å². The van der Waals surface area contributed by atoms with Crippen LogP contribution in [0.4, 0.5) is 0 Å². The van der Waals surface area contributed by atoms with Crippen molar-refractivity contribution in [2.75, 3.05) is 52.5 Å². The molecule has 0 saturated carbocycles. The second-order valence-corrected chi connectivity index (χ2v) is 9.22. The minimum absolute atomic E-state index is 0. The summed E-state index contributed by atoms with van der Waals surface area (Å²) in [7, 11) is 0. The van der Waals surface area contributed by atoms with E-state index in [1.165, 1.54) is 0 Å². The zero-order valence-corrected chi connectivity index (χ0v) is 21.2. The summed E-state index contributed by atoms with van der Waals surface area (Å²) in [5.41, 5.74) is 2.05. The number of halogens is 2. The number of fused-ring (bicyclic) bond motifs is 1. The fourth-order valence-electron chi connectivity index (χ4n) is 5.53. The van der Waals surface area contributed by atoms with Crippen LogP contribution in [0.15, 0.2) is 47.4 Å². The standard InChI is InChI=1S/C25H32N4O3.2ClH/c1-18-7-8-28(10-9-27-11-13-32-14-12-27)24(30)22(18)25(31)29-17-20-15-26-16-21(20)23(29)19-5-3-2-4-6-19;;/h2-8,20-21,23,26H,9-17H2,1H3;2*1H/t20-,21-,23-;;/m0../s1. The number of likely N-dealkylation sites (tertiary alicyclic amines) is 1. The Morgan fingerprint density at radius 1 is 1.06 bits per heavy atom. The molecule has 3 aliphatic heterocycles. The van der Waals surface area contributed by atoms with Gasteiger partial charge in [0.25, 0.3) is 11.5 Å². The van der Waals surface area contributed by atoms with Crippen LogP contribution in [0, 0.1) is 18.8 Å². The number of amides is 1. The summed E-state index contributed by atoms with van der Waals surface area (Å²) in [6.45, 7) is 9.00. The number of nitrogens with one attached hydrogen (secondary N) is 1. The van der Waals surface area contributed by atoms with E-state index >= 15 is 0 Å². The molecule has 9 heteroatoms. The van der Waals surface area contributed by atoms with Crippen LogP contribution in [0.5, 0.6) is 0 Å². The van der Waals surface area contributed by atoms with Gasteiger partial charge in [0.05, 0.1) is 19.3 Å². The molecule has 1 aromatic heterocycles. The second kappa shape index (κ2) is 11.7. The number of hydrogen-bond donors (Lipinski definition) is 1. The van der Waals surface area contributed by atoms with Crippen molar-refractivity contribution >= 4 is 30.7 Å². The van der Waals surface area contributed by atoms with Gasteiger partial charge in [-0.3, -0.25) is 14.5 Å². The number of rotatable bonds is 5. The number of carbonyl (C=O) groups is 1. The monoisotopic (exact) mass is 508 g/mol. The van der Waals surface area contributed by atoms with Crippen molar-refractivity contribution in [3.05, 3.63) is 69.6 Å². The fraction of sp³-hybridized carbons (Fsp3) is 0.520. The van der Waals surface area contributed by atoms with Crippen LogP contribution in [-0.4, -0.2) is 72.8 Å². The average molecular weight is 509 g/mol. The van der Waals surface area contributed by atoms with Gasteiger partial charge in [0.2, 0.25) is 0 Å². The largest absolute Gasteiger partial charge is 0.379 e. The third-order valence-electron chi connectivity index (χ3n) is 7.31. The summed E-state index contributed by atoms with van der Waals surface area (Å²) >= 11 is 0. The van der Waals surface area contributed by atoms with E-state index in [-0.39, 0.29) is 42.3 Å². The van der Waals surface area contributed by atoms with Crippen LogP contribution in [0.3, 0.4) is 0 Å². The molecule has 3 aliphatic rings. The van der Waals surface area contributed by atoms with Crippen molar-refractivity contribution in [3.63, 3.8) is 0 Å². The number of benzene rings is 1. The Morgan fingerprint density at radius 3 is 2.53 bits per heavy atom. The fourth-order valence-corrected chi connectivity index (χ4v) is 5.53. The molecule has 0 aliphatic carbocycles. The summed E-state index contributed by atoms with van der Waals surface area (Å²) < 4.78 is 7.11. The van der Waals surface area contributed by atoms with Gasteiger partial charge >= 0.3 is 0 Å². The van der Waals surface area contributed by atoms with E-state index in [0.29, 0.717) is 30.5 Å². The van der Waals surface area contributed by atoms with Crippen LogP contribution in [0.1, 0.15) is 27.5 Å². The lowest BCUT2D eigenvalue weighted by Crippen LogP contribution is -2.41. The SMILES string of the molecule is Cc1ccn(CCN2CCOCC2)c(=O)c1C(=O)N1C[C@@H]2CNC[C@@H]2[C@@H]1c1ccccc1.Cl.Cl. The number of ether oxygens (including phenoxy) is 1. The molecule has 3 atom stereocenters. The van der Waals surface area contributed by atoms with Crippen molar-refractivity contribution < 1.29 is 9.53 Å². The highest BCUT2D eigenvalue weighted by atomic mass is 35.5. The average Bonchev–Trinajstić information content (AvgIpc) is 3.41. The Bertz CT molecular complexity index is 1030. The lowest BCUT2D eigenvalue weighted by molar-refractivity contribution is 0.0362. The topological polar surface area (TPSA) is 66.8 Å². The summed E-state index contributed by atoms with van der Waals surface area (Å²) in [6, 6.07) is 12.2. The lowest BCUT2D eigenvalue weighted by atomic mass is 9.89. The molecule has 4 heterocycles. The quantitative estimate of drug-likeness (QED) is 0.671. The van der Waals surface area contributed by atoms with E-state index in [9.17, 15) is 9.59 Å². The Kier molecular flexibility index (Phi) is 9.18. The predicted molar refractivity (Wildman–Crippen MR) is 137 cm³/mol. The van der Waals surface area contributed by atoms with Crippen LogP contribution >= 0.6 is 24.8 Å². The molecular formula is C25H34Cl2N4O3. The molecule has 1 amide bonds. The molecule has 0 spiro atoms. The van der Waals surface area contributed by atoms with Crippen LogP contribution < -0.4 is 10.9 Å². The molecule has 3 saturated heterocycles. The number of nitrogens with zero attached hydrogens (tertiary/aromatic N) is 3. The first-order chi connectivity index (χ1) is 15.6. The highest BCUT2D eigenvalue weighted by Gasteiger charge is 2.47. The molecular weight excluding hydrogens is 475 g/mol. The first-order valence-electron chi connectivity index (χ1n) is 11.7. The van der Waals surface area contributed by atoms with Crippen molar-refractivity contribution in [3.8, 4) is 0 Å². The zero-order chi connectivity index (χ0) is 22.1. The molecule has 3 fully saturated rings. The molecule has 2 aromatic rings. The van der Waals surface area contributed by atoms with Gasteiger partial charge in [-0.1, -0.05) is 30.3 Å². The smallest absolute Gasteiger partial charge is 0.263 e. The van der Waals surface area contributed by atoms with Gasteiger partial charge < -0.3 is 19.5 Å². The van der Waals surface area contributed by atoms with E-state index in [1.807, 2.05) is 42.3 Å². The van der Waals surface area contributed by atoms with E-state index < -0.39 is 0 Å². The summed E-state index contributed by atoms with van der Waals surface area (Å²) in [5, 5.41) is 3.49. The predicted octanol–water partition coefficient (Wildman–Crippen LogP) is 2.37. The number of hydrogen-bond acceptors (Lipinski definition) is 5. The zero-order valence-electron chi connectivity index (χ0n) is 19.5. The highest BCUT2D eigenvalue weighted by molar-refractivity contribution is 5.95. The Balaban J connectivity index is 0.00000162. The highest BCUT2D eigenvalue weighted by Crippen LogP contribution is 2.43. The van der Waals surface area contributed by atoms with Gasteiger partial charge in [0.15, 0.2) is 0 Å². The molecule has 7 nitrogen and oxygen atoms in total. The van der Waals surface area contributed by atoms with Crippen molar-refractivity contribution in [1.29, 1.82) is 0 Å². The molecule has 186 valence electrons. The maximum atomic E-state index is 13.8. The molecule has 5 rings (SSSR count). The van der Waals surface area contributed by atoms with Crippen LogP contribution in [0.2, 0.25) is 0 Å². The Morgan fingerprint density at radius 2 is 1.79 bits per heavy atom. The third kappa shape index (κ3) is 5.19. The number of carbonyl (C=O) groups excluding carboxylic acids is 1. The molecule has 1 N–H and O–H groups in total. The normalized spacial score (nSPS) is 24.3. The maximum absolute atomic E-state index is 13.8. The van der Waals surface area contributed by atoms with Crippen LogP contribution in [-0.2, 0) is 11.3 Å². The van der Waals surface area contributed by atoms with Gasteiger partial charge in [-0.05, 0) is 30.0 Å². The number of aromatic nitrogens is 1. The Labute approximate surface area is 213 Å². The van der Waals surface area contributed by atoms with E-state index in [2.05, 4.69) is 22.3 Å². The van der Waals surface area contributed by atoms with Gasteiger partial charge in [0, 0.05) is 57.9 Å². The molecule has 0 radical (unpaired) electrons. The first-order valence-corrected chi connectivity index (χ1v) is 11.7. The van der Waals surface area contributed by atoms with E-state index in [0.717, 1.165) is 57.1 Å². The number of pyridine rings is 1. The van der Waals surface area contributed by atoms with Gasteiger partial charge in [0.1, 0.15) is 5.56 Å². The Hall–Kier alpha value is -1.90. The minimum Gasteiger partial charge on any atom is -0.379 e. The van der Waals surface area contributed by atoms with E-state index in [1.54, 1.807) is 4.57 Å². The molecule has 1 aromatic carbocycles. The van der Waals surface area contributed by atoms with Crippen LogP contribution in [0.25, 0.3) is 0 Å². The number of aryl methyl sites for hydroxylation is 1. The summed E-state index contributed by atoms with van der Waals surface area (Å²) in [5.74, 6) is 0.683. The van der Waals surface area contributed by atoms with Crippen molar-refractivity contribution in [2.24, 2.45) is 11.8 Å². The maximum Gasteiger partial charge on any atom is 0.263 e. The van der Waals surface area contributed by atoms with Gasteiger partial charge in [-0.15, -0.1) is 24.8 Å². The summed E-state index contributed by atoms with van der Waals surface area (Å²) in [4.78, 5) is 31.5. The lowest BCUT2D eigenvalue weighted by Gasteiger charge is -2.29. The molecule has 0 bridgehead atoms. The second-order valence-electron chi connectivity index (χ2n) is 9.22. The van der Waals surface area contributed by atoms with Crippen molar-refractivity contribution in [2.45, 2.75) is 19.5 Å². The van der Waals surface area contributed by atoms with Crippen molar-refractivity contribution in [1.82, 2.24) is 19.7 Å². The van der Waals surface area contributed by atoms with Gasteiger partial charge in [-0.25, -0.2) is 0 Å². The number of morpholine rings is 1. The third-order valence-corrected chi connectivity index (χ3v) is 7.31. The van der Waals surface area contributed by atoms with E-state index in [4.69, 9.17) is 4.74 Å².